The summed E-state index contributed by atoms with van der Waals surface area (Å²) in [5.74, 6) is -0.267. The molecule has 1 atom stereocenters. The van der Waals surface area contributed by atoms with Gasteiger partial charge in [-0.2, -0.15) is 9.57 Å². The summed E-state index contributed by atoms with van der Waals surface area (Å²) in [5, 5.41) is 28.2. The maximum absolute atomic E-state index is 12.6. The van der Waals surface area contributed by atoms with Crippen molar-refractivity contribution >= 4 is 15.8 Å². The predicted molar refractivity (Wildman–Crippen MR) is 76.6 cm³/mol. The molecule has 0 unspecified atom stereocenters. The number of aliphatic hydroxyl groups excluding tert-OH is 1. The highest BCUT2D eigenvalue weighted by Crippen LogP contribution is 2.28. The van der Waals surface area contributed by atoms with Gasteiger partial charge in [0.05, 0.1) is 17.1 Å². The summed E-state index contributed by atoms with van der Waals surface area (Å²) in [5.41, 5.74) is -1.32. The normalized spacial score (nSPS) is 22.5. The Morgan fingerprint density at radius 2 is 2.18 bits per heavy atom. The zero-order valence-electron chi connectivity index (χ0n) is 12.0. The molecule has 7 nitrogen and oxygen atoms in total. The summed E-state index contributed by atoms with van der Waals surface area (Å²) in [7, 11) is -3.98. The minimum Gasteiger partial charge on any atom is -0.393 e. The van der Waals surface area contributed by atoms with Gasteiger partial charge in [-0.25, -0.2) is 8.42 Å². The average molecular weight is 324 g/mol. The van der Waals surface area contributed by atoms with Gasteiger partial charge in [-0.05, 0) is 31.5 Å². The molecule has 0 amide bonds. The van der Waals surface area contributed by atoms with E-state index in [1.54, 1.807) is 6.07 Å². The van der Waals surface area contributed by atoms with E-state index in [0.717, 1.165) is 4.31 Å². The molecule has 1 heterocycles. The van der Waals surface area contributed by atoms with E-state index >= 15 is 0 Å². The van der Waals surface area contributed by atoms with Gasteiger partial charge < -0.3 is 10.2 Å². The zero-order chi connectivity index (χ0) is 16.5. The standard InChI is InChI=1S/C14H16N2O5S/c1-10(18)11-2-3-13(12(6-11)7-15)22(20,21)16-5-4-14(19,8-16)9-17/h2-3,6,17,19H,4-5,8-9H2,1H3/t14-/m1/s1. The lowest BCUT2D eigenvalue weighted by Crippen LogP contribution is -2.38. The van der Waals surface area contributed by atoms with Crippen LogP contribution < -0.4 is 0 Å². The van der Waals surface area contributed by atoms with Crippen molar-refractivity contribution in [1.82, 2.24) is 4.31 Å². The van der Waals surface area contributed by atoms with Gasteiger partial charge in [-0.3, -0.25) is 4.79 Å². The summed E-state index contributed by atoms with van der Waals surface area (Å²) >= 11 is 0. The number of rotatable bonds is 4. The highest BCUT2D eigenvalue weighted by atomic mass is 32.2. The molecule has 1 saturated heterocycles. The Balaban J connectivity index is 2.43. The second-order valence-corrected chi connectivity index (χ2v) is 7.26. The molecule has 0 bridgehead atoms. The summed E-state index contributed by atoms with van der Waals surface area (Å²) in [6.45, 7) is 0.615. The third kappa shape index (κ3) is 2.89. The van der Waals surface area contributed by atoms with Gasteiger partial charge in [-0.1, -0.05) is 0 Å². The van der Waals surface area contributed by atoms with E-state index in [4.69, 9.17) is 10.4 Å². The number of sulfonamides is 1. The molecule has 2 rings (SSSR count). The van der Waals surface area contributed by atoms with Crippen LogP contribution in [0.2, 0.25) is 0 Å². The van der Waals surface area contributed by atoms with Crippen molar-refractivity contribution in [2.75, 3.05) is 19.7 Å². The first kappa shape index (κ1) is 16.6. The first-order valence-corrected chi connectivity index (χ1v) is 8.06. The fourth-order valence-corrected chi connectivity index (χ4v) is 4.00. The van der Waals surface area contributed by atoms with Crippen LogP contribution in [0.1, 0.15) is 29.3 Å². The molecule has 2 N–H and O–H groups in total. The number of Topliss-reactive ketones (excluding diaryl/α,β-unsaturated/α-hetero) is 1. The SMILES string of the molecule is CC(=O)c1ccc(S(=O)(=O)N2CC[C@](O)(CO)C2)c(C#N)c1. The molecule has 0 aromatic heterocycles. The largest absolute Gasteiger partial charge is 0.393 e. The molecule has 1 aliphatic rings. The molecule has 1 aromatic rings. The van der Waals surface area contributed by atoms with E-state index in [0.29, 0.717) is 0 Å². The molecular formula is C14H16N2O5S. The lowest BCUT2D eigenvalue weighted by Gasteiger charge is -2.21. The first-order chi connectivity index (χ1) is 10.2. The van der Waals surface area contributed by atoms with Crippen LogP contribution in [0.15, 0.2) is 23.1 Å². The van der Waals surface area contributed by atoms with Crippen molar-refractivity contribution in [1.29, 1.82) is 5.26 Å². The summed E-state index contributed by atoms with van der Waals surface area (Å²) in [6, 6.07) is 5.60. The summed E-state index contributed by atoms with van der Waals surface area (Å²) in [6.07, 6.45) is 0.121. The van der Waals surface area contributed by atoms with Crippen LogP contribution >= 0.6 is 0 Å². The predicted octanol–water partition coefficient (Wildman–Crippen LogP) is -0.121. The molecule has 1 aromatic carbocycles. The Morgan fingerprint density at radius 3 is 2.68 bits per heavy atom. The molecule has 1 aliphatic heterocycles. The molecule has 118 valence electrons. The second-order valence-electron chi connectivity index (χ2n) is 5.35. The second kappa shape index (κ2) is 5.78. The van der Waals surface area contributed by atoms with E-state index in [1.807, 2.05) is 0 Å². The molecule has 8 heteroatoms. The van der Waals surface area contributed by atoms with E-state index in [-0.39, 0.29) is 41.3 Å². The van der Waals surface area contributed by atoms with E-state index < -0.39 is 22.2 Å². The number of β-amino-alcohol motifs (C(OH)–C–C–N with tert-alkyl or cyclic N) is 1. The van der Waals surface area contributed by atoms with Crippen molar-refractivity contribution in [2.45, 2.75) is 23.8 Å². The quantitative estimate of drug-likeness (QED) is 0.745. The number of carbonyl (C=O) groups is 1. The molecular weight excluding hydrogens is 308 g/mol. The van der Waals surface area contributed by atoms with E-state index in [9.17, 15) is 18.3 Å². The lowest BCUT2D eigenvalue weighted by atomic mass is 10.1. The number of benzene rings is 1. The average Bonchev–Trinajstić information content (AvgIpc) is 2.90. The number of nitrogens with zero attached hydrogens (tertiary/aromatic N) is 2. The van der Waals surface area contributed by atoms with Gasteiger partial charge in [0, 0.05) is 18.7 Å². The fourth-order valence-electron chi connectivity index (χ4n) is 2.35. The maximum Gasteiger partial charge on any atom is 0.244 e. The van der Waals surface area contributed by atoms with Crippen molar-refractivity contribution in [3.63, 3.8) is 0 Å². The van der Waals surface area contributed by atoms with Gasteiger partial charge in [0.1, 0.15) is 11.7 Å². The van der Waals surface area contributed by atoms with Crippen molar-refractivity contribution in [3.8, 4) is 6.07 Å². The van der Waals surface area contributed by atoms with Crippen molar-refractivity contribution < 1.29 is 23.4 Å². The highest BCUT2D eigenvalue weighted by Gasteiger charge is 2.41. The number of nitriles is 1. The molecule has 0 aliphatic carbocycles. The van der Waals surface area contributed by atoms with Crippen LogP contribution in [-0.2, 0) is 10.0 Å². The monoisotopic (exact) mass is 324 g/mol. The van der Waals surface area contributed by atoms with Crippen LogP contribution in [-0.4, -0.2) is 54.0 Å². The Labute approximate surface area is 128 Å². The smallest absolute Gasteiger partial charge is 0.244 e. The van der Waals surface area contributed by atoms with Crippen LogP contribution in [0.25, 0.3) is 0 Å². The van der Waals surface area contributed by atoms with Gasteiger partial charge >= 0.3 is 0 Å². The summed E-state index contributed by atoms with van der Waals surface area (Å²) < 4.78 is 26.2. The number of hydrogen-bond donors (Lipinski definition) is 2. The first-order valence-electron chi connectivity index (χ1n) is 6.62. The Morgan fingerprint density at radius 1 is 1.50 bits per heavy atom. The van der Waals surface area contributed by atoms with E-state index in [2.05, 4.69) is 0 Å². The molecule has 1 fully saturated rings. The van der Waals surface area contributed by atoms with Gasteiger partial charge in [0.15, 0.2) is 5.78 Å². The van der Waals surface area contributed by atoms with Crippen LogP contribution in [0.3, 0.4) is 0 Å². The molecule has 0 saturated carbocycles. The van der Waals surface area contributed by atoms with Gasteiger partial charge in [-0.15, -0.1) is 0 Å². The Hall–Kier alpha value is -1.79. The topological polar surface area (TPSA) is 119 Å². The van der Waals surface area contributed by atoms with Crippen LogP contribution in [0.4, 0.5) is 0 Å². The third-order valence-electron chi connectivity index (χ3n) is 3.72. The van der Waals surface area contributed by atoms with Crippen molar-refractivity contribution in [2.24, 2.45) is 0 Å². The van der Waals surface area contributed by atoms with Gasteiger partial charge in [0.2, 0.25) is 10.0 Å². The number of carbonyl (C=O) groups excluding carboxylic acids is 1. The number of aliphatic hydroxyl groups is 2. The summed E-state index contributed by atoms with van der Waals surface area (Å²) in [4.78, 5) is 11.1. The molecule has 0 radical (unpaired) electrons. The molecule has 0 spiro atoms. The maximum atomic E-state index is 12.6. The zero-order valence-corrected chi connectivity index (χ0v) is 12.8. The number of hydrogen-bond acceptors (Lipinski definition) is 6. The van der Waals surface area contributed by atoms with Gasteiger partial charge in [0.25, 0.3) is 0 Å². The fraction of sp³-hybridized carbons (Fsp3) is 0.429. The number of ketones is 1. The third-order valence-corrected chi connectivity index (χ3v) is 5.62. The highest BCUT2D eigenvalue weighted by molar-refractivity contribution is 7.89. The van der Waals surface area contributed by atoms with Crippen LogP contribution in [0, 0.1) is 11.3 Å². The lowest BCUT2D eigenvalue weighted by molar-refractivity contribution is -0.000735. The van der Waals surface area contributed by atoms with E-state index in [1.165, 1.54) is 25.1 Å². The minimum atomic E-state index is -3.98. The minimum absolute atomic E-state index is 0.0543. The Kier molecular flexibility index (Phi) is 4.35. The van der Waals surface area contributed by atoms with Crippen molar-refractivity contribution in [3.05, 3.63) is 29.3 Å². The Bertz CT molecular complexity index is 753. The van der Waals surface area contributed by atoms with Crippen LogP contribution in [0.5, 0.6) is 0 Å². The molecule has 22 heavy (non-hydrogen) atoms.